The Morgan fingerprint density at radius 2 is 1.68 bits per heavy atom. The number of hydrogen-bond donors (Lipinski definition) is 1. The van der Waals surface area contributed by atoms with E-state index in [0.29, 0.717) is 30.2 Å². The summed E-state index contributed by atoms with van der Waals surface area (Å²) < 4.78 is 36.1. The summed E-state index contributed by atoms with van der Waals surface area (Å²) in [5.41, 5.74) is 1.13. The summed E-state index contributed by atoms with van der Waals surface area (Å²) in [4.78, 5) is 24.4. The number of anilines is 2. The first-order valence-corrected chi connectivity index (χ1v) is 11.9. The van der Waals surface area contributed by atoms with Gasteiger partial charge in [0.2, 0.25) is 15.9 Å². The topological polar surface area (TPSA) is 102 Å². The van der Waals surface area contributed by atoms with Crippen molar-refractivity contribution in [1.82, 2.24) is 0 Å². The molecule has 9 heteroatoms. The molecule has 1 N–H and O–H groups in total. The largest absolute Gasteiger partial charge is 0.494 e. The number of benzene rings is 2. The Kier molecular flexibility index (Phi) is 8.87. The monoisotopic (exact) mass is 448 g/mol. The van der Waals surface area contributed by atoms with Crippen LogP contribution < -0.4 is 14.4 Å². The number of sulfonamides is 1. The number of amides is 1. The maximum atomic E-state index is 12.4. The molecule has 1 amide bonds. The Balaban J connectivity index is 2.00. The van der Waals surface area contributed by atoms with E-state index in [0.717, 1.165) is 6.26 Å². The molecule has 2 rings (SSSR count). The molecule has 2 aromatic rings. The van der Waals surface area contributed by atoms with E-state index in [-0.39, 0.29) is 31.0 Å². The van der Waals surface area contributed by atoms with Gasteiger partial charge in [-0.2, -0.15) is 0 Å². The Hall–Kier alpha value is -3.07. The van der Waals surface area contributed by atoms with Gasteiger partial charge in [-0.15, -0.1) is 0 Å². The average Bonchev–Trinajstić information content (AvgIpc) is 2.72. The van der Waals surface area contributed by atoms with Crippen molar-refractivity contribution in [2.75, 3.05) is 35.6 Å². The predicted octanol–water partition coefficient (Wildman–Crippen LogP) is 3.45. The van der Waals surface area contributed by atoms with E-state index < -0.39 is 16.0 Å². The quantitative estimate of drug-likeness (QED) is 0.528. The van der Waals surface area contributed by atoms with Crippen LogP contribution in [0.5, 0.6) is 5.75 Å². The van der Waals surface area contributed by atoms with Crippen molar-refractivity contribution >= 4 is 33.3 Å². The normalized spacial score (nSPS) is 10.9. The zero-order valence-corrected chi connectivity index (χ0v) is 18.8. The van der Waals surface area contributed by atoms with E-state index in [1.807, 2.05) is 6.92 Å². The lowest BCUT2D eigenvalue weighted by molar-refractivity contribution is -0.116. The summed E-state index contributed by atoms with van der Waals surface area (Å²) in [5, 5.41) is 2.70. The van der Waals surface area contributed by atoms with Crippen LogP contribution in [-0.2, 0) is 19.6 Å². The van der Waals surface area contributed by atoms with Crippen LogP contribution >= 0.6 is 0 Å². The number of para-hydroxylation sites is 1. The van der Waals surface area contributed by atoms with E-state index in [4.69, 9.17) is 9.47 Å². The number of nitrogens with one attached hydrogen (secondary N) is 1. The second kappa shape index (κ2) is 11.4. The van der Waals surface area contributed by atoms with Gasteiger partial charge >= 0.3 is 5.97 Å². The number of nitrogens with zero attached hydrogens (tertiary/aromatic N) is 1. The van der Waals surface area contributed by atoms with Gasteiger partial charge in [-0.3, -0.25) is 9.10 Å². The van der Waals surface area contributed by atoms with Gasteiger partial charge < -0.3 is 14.8 Å². The first kappa shape index (κ1) is 24.2. The number of ether oxygens (including phenoxy) is 2. The number of carbonyl (C=O) groups excluding carboxylic acids is 2. The van der Waals surface area contributed by atoms with Crippen molar-refractivity contribution in [3.05, 3.63) is 54.1 Å². The zero-order valence-electron chi connectivity index (χ0n) is 18.0. The summed E-state index contributed by atoms with van der Waals surface area (Å²) in [6.45, 7) is 4.46. The lowest BCUT2D eigenvalue weighted by atomic mass is 10.1. The molecule has 0 aliphatic carbocycles. The lowest BCUT2D eigenvalue weighted by Crippen LogP contribution is -2.31. The van der Waals surface area contributed by atoms with Crippen molar-refractivity contribution < 1.29 is 27.5 Å². The van der Waals surface area contributed by atoms with Crippen LogP contribution in [0.1, 0.15) is 37.0 Å². The third-order valence-electron chi connectivity index (χ3n) is 4.30. The van der Waals surface area contributed by atoms with E-state index in [1.165, 1.54) is 4.31 Å². The molecular formula is C22H28N2O6S. The van der Waals surface area contributed by atoms with E-state index >= 15 is 0 Å². The second-order valence-electron chi connectivity index (χ2n) is 6.68. The van der Waals surface area contributed by atoms with Crippen molar-refractivity contribution in [3.63, 3.8) is 0 Å². The summed E-state index contributed by atoms with van der Waals surface area (Å²) >= 11 is 0. The molecule has 0 saturated carbocycles. The van der Waals surface area contributed by atoms with Crippen molar-refractivity contribution in [2.24, 2.45) is 0 Å². The van der Waals surface area contributed by atoms with Gasteiger partial charge in [0.05, 0.1) is 36.4 Å². The average molecular weight is 449 g/mol. The molecule has 8 nitrogen and oxygen atoms in total. The SMILES string of the molecule is CCOC(=O)c1ccccc1NC(=O)CCCN(c1ccc(OCC)cc1)S(C)(=O)=O. The Morgan fingerprint density at radius 1 is 1.00 bits per heavy atom. The van der Waals surface area contributed by atoms with Crippen LogP contribution in [0.4, 0.5) is 11.4 Å². The Bertz CT molecular complexity index is 989. The second-order valence-corrected chi connectivity index (χ2v) is 8.59. The molecule has 0 heterocycles. The third kappa shape index (κ3) is 7.29. The van der Waals surface area contributed by atoms with E-state index in [1.54, 1.807) is 55.5 Å². The zero-order chi connectivity index (χ0) is 22.9. The number of carbonyl (C=O) groups is 2. The van der Waals surface area contributed by atoms with Gasteiger partial charge in [-0.1, -0.05) is 12.1 Å². The highest BCUT2D eigenvalue weighted by molar-refractivity contribution is 7.92. The Morgan fingerprint density at radius 3 is 2.29 bits per heavy atom. The highest BCUT2D eigenvalue weighted by Gasteiger charge is 2.18. The van der Waals surface area contributed by atoms with E-state index in [9.17, 15) is 18.0 Å². The molecule has 0 unspecified atom stereocenters. The number of rotatable bonds is 11. The van der Waals surface area contributed by atoms with Crippen LogP contribution in [0.2, 0.25) is 0 Å². The fourth-order valence-corrected chi connectivity index (χ4v) is 3.90. The molecule has 31 heavy (non-hydrogen) atoms. The van der Waals surface area contributed by atoms with E-state index in [2.05, 4.69) is 5.32 Å². The molecule has 168 valence electrons. The predicted molar refractivity (Wildman–Crippen MR) is 120 cm³/mol. The van der Waals surface area contributed by atoms with Gasteiger partial charge in [-0.25, -0.2) is 13.2 Å². The van der Waals surface area contributed by atoms with Crippen LogP contribution in [0.15, 0.2) is 48.5 Å². The maximum Gasteiger partial charge on any atom is 0.340 e. The summed E-state index contributed by atoms with van der Waals surface area (Å²) in [7, 11) is -3.52. The van der Waals surface area contributed by atoms with Crippen LogP contribution in [0, 0.1) is 0 Å². The molecule has 0 aromatic heterocycles. The van der Waals surface area contributed by atoms with Crippen molar-refractivity contribution in [2.45, 2.75) is 26.7 Å². The molecule has 0 aliphatic heterocycles. The van der Waals surface area contributed by atoms with Gasteiger partial charge in [-0.05, 0) is 56.7 Å². The first-order valence-electron chi connectivity index (χ1n) is 10.0. The summed E-state index contributed by atoms with van der Waals surface area (Å²) in [5.74, 6) is -0.187. The molecule has 2 aromatic carbocycles. The molecule has 0 bridgehead atoms. The lowest BCUT2D eigenvalue weighted by Gasteiger charge is -2.22. The van der Waals surface area contributed by atoms with Crippen LogP contribution in [0.3, 0.4) is 0 Å². The smallest absolute Gasteiger partial charge is 0.340 e. The molecule has 0 aliphatic rings. The fraction of sp³-hybridized carbons (Fsp3) is 0.364. The van der Waals surface area contributed by atoms with Gasteiger partial charge in [0.15, 0.2) is 0 Å². The van der Waals surface area contributed by atoms with Gasteiger partial charge in [0.25, 0.3) is 0 Å². The fourth-order valence-electron chi connectivity index (χ4n) is 2.94. The molecule has 0 radical (unpaired) electrons. The van der Waals surface area contributed by atoms with Crippen LogP contribution in [0.25, 0.3) is 0 Å². The number of esters is 1. The van der Waals surface area contributed by atoms with Crippen molar-refractivity contribution in [1.29, 1.82) is 0 Å². The molecule has 0 atom stereocenters. The third-order valence-corrected chi connectivity index (χ3v) is 5.49. The standard InChI is InChI=1S/C22H28N2O6S/c1-4-29-18-14-12-17(13-15-18)24(31(3,27)28)16-8-11-21(25)23-20-10-7-6-9-19(20)22(26)30-5-2/h6-7,9-10,12-15H,4-5,8,11,16H2,1-3H3,(H,23,25). The minimum Gasteiger partial charge on any atom is -0.494 e. The maximum absolute atomic E-state index is 12.4. The number of hydrogen-bond acceptors (Lipinski definition) is 6. The van der Waals surface area contributed by atoms with Crippen LogP contribution in [-0.4, -0.2) is 46.3 Å². The molecular weight excluding hydrogens is 420 g/mol. The summed E-state index contributed by atoms with van der Waals surface area (Å²) in [6, 6.07) is 13.3. The van der Waals surface area contributed by atoms with Gasteiger partial charge in [0.1, 0.15) is 5.75 Å². The molecule has 0 fully saturated rings. The minimum absolute atomic E-state index is 0.0835. The Labute approximate surface area is 183 Å². The highest BCUT2D eigenvalue weighted by atomic mass is 32.2. The minimum atomic E-state index is -3.52. The highest BCUT2D eigenvalue weighted by Crippen LogP contribution is 2.22. The first-order chi connectivity index (χ1) is 14.8. The molecule has 0 spiro atoms. The van der Waals surface area contributed by atoms with Gasteiger partial charge in [0, 0.05) is 13.0 Å². The summed E-state index contributed by atoms with van der Waals surface area (Å²) in [6.07, 6.45) is 1.51. The van der Waals surface area contributed by atoms with Crippen molar-refractivity contribution in [3.8, 4) is 5.75 Å². The molecule has 0 saturated heterocycles.